The lowest BCUT2D eigenvalue weighted by Crippen LogP contribution is -2.51. The van der Waals surface area contributed by atoms with Gasteiger partial charge in [-0.05, 0) is 56.6 Å². The number of hydrogen-bond donors (Lipinski definition) is 2. The van der Waals surface area contributed by atoms with Gasteiger partial charge in [-0.1, -0.05) is 17.7 Å². The highest BCUT2D eigenvalue weighted by atomic mass is 35.5. The smallest absolute Gasteiger partial charge is 0.308 e. The number of nitrogens with zero attached hydrogens (tertiary/aromatic N) is 4. The summed E-state index contributed by atoms with van der Waals surface area (Å²) in [5, 5.41) is 13.5. The van der Waals surface area contributed by atoms with Gasteiger partial charge in [-0.25, -0.2) is 19.3 Å². The molecular formula is C25H23ClFN5O2S. The number of aromatic nitrogens is 4. The van der Waals surface area contributed by atoms with E-state index in [1.165, 1.54) is 17.5 Å². The van der Waals surface area contributed by atoms with E-state index in [9.17, 15) is 9.90 Å². The molecule has 180 valence electrons. The minimum Gasteiger partial charge on any atom is -0.481 e. The van der Waals surface area contributed by atoms with E-state index in [1.807, 2.05) is 25.1 Å². The summed E-state index contributed by atoms with van der Waals surface area (Å²) in [7, 11) is 0. The van der Waals surface area contributed by atoms with Crippen LogP contribution in [0.1, 0.15) is 47.8 Å². The van der Waals surface area contributed by atoms with E-state index in [1.54, 1.807) is 0 Å². The van der Waals surface area contributed by atoms with Crippen LogP contribution in [0.5, 0.6) is 0 Å². The molecule has 4 aliphatic carbocycles. The average molecular weight is 512 g/mol. The molecule has 2 atom stereocenters. The molecule has 0 spiro atoms. The van der Waals surface area contributed by atoms with Crippen molar-refractivity contribution in [1.82, 2.24) is 19.9 Å². The topological polar surface area (TPSA) is 101 Å². The van der Waals surface area contributed by atoms with Gasteiger partial charge in [0.2, 0.25) is 0 Å². The summed E-state index contributed by atoms with van der Waals surface area (Å²) in [5.41, 5.74) is 2.18. The Morgan fingerprint density at radius 3 is 2.63 bits per heavy atom. The first-order chi connectivity index (χ1) is 16.9. The number of carbonyl (C=O) groups is 1. The average Bonchev–Trinajstić information content (AvgIpc) is 3.46. The molecule has 4 aliphatic rings. The Labute approximate surface area is 210 Å². The van der Waals surface area contributed by atoms with E-state index in [4.69, 9.17) is 11.6 Å². The van der Waals surface area contributed by atoms with Crippen molar-refractivity contribution in [2.75, 3.05) is 5.32 Å². The van der Waals surface area contributed by atoms with Crippen molar-refractivity contribution < 1.29 is 14.3 Å². The molecule has 0 saturated heterocycles. The van der Waals surface area contributed by atoms with Crippen LogP contribution in [-0.2, 0) is 11.2 Å². The number of aryl methyl sites for hydroxylation is 1. The maximum absolute atomic E-state index is 15.9. The van der Waals surface area contributed by atoms with Crippen LogP contribution in [0.2, 0.25) is 5.15 Å². The summed E-state index contributed by atoms with van der Waals surface area (Å²) >= 11 is 7.55. The molecule has 0 unspecified atom stereocenters. The number of thiophene rings is 1. The summed E-state index contributed by atoms with van der Waals surface area (Å²) in [5.74, 6) is -1.36. The fourth-order valence-electron chi connectivity index (χ4n) is 5.81. The van der Waals surface area contributed by atoms with E-state index in [0.717, 1.165) is 36.3 Å². The van der Waals surface area contributed by atoms with E-state index < -0.39 is 17.7 Å². The Hall–Kier alpha value is -2.91. The summed E-state index contributed by atoms with van der Waals surface area (Å²) in [6.45, 7) is 1.96. The van der Waals surface area contributed by atoms with Gasteiger partial charge in [0.05, 0.1) is 28.4 Å². The largest absolute Gasteiger partial charge is 0.481 e. The van der Waals surface area contributed by atoms with Gasteiger partial charge in [0, 0.05) is 22.9 Å². The van der Waals surface area contributed by atoms with E-state index in [0.29, 0.717) is 28.4 Å². The lowest BCUT2D eigenvalue weighted by Gasteiger charge is -2.47. The third kappa shape index (κ3) is 3.90. The Morgan fingerprint density at radius 2 is 1.91 bits per heavy atom. The predicted molar refractivity (Wildman–Crippen MR) is 132 cm³/mol. The van der Waals surface area contributed by atoms with E-state index in [-0.39, 0.29) is 34.5 Å². The second kappa shape index (κ2) is 8.64. The third-order valence-corrected chi connectivity index (χ3v) is 8.64. The van der Waals surface area contributed by atoms with Crippen LogP contribution in [-0.4, -0.2) is 37.1 Å². The molecule has 2 N–H and O–H groups in total. The zero-order valence-electron chi connectivity index (χ0n) is 19.0. The van der Waals surface area contributed by atoms with Gasteiger partial charge in [0.25, 0.3) is 0 Å². The first-order valence-electron chi connectivity index (χ1n) is 11.7. The first kappa shape index (κ1) is 22.5. The maximum Gasteiger partial charge on any atom is 0.308 e. The number of carboxylic acids is 1. The normalized spacial score (nSPS) is 24.8. The lowest BCUT2D eigenvalue weighted by atomic mass is 9.61. The molecular weight excluding hydrogens is 489 g/mol. The highest BCUT2D eigenvalue weighted by Gasteiger charge is 2.47. The van der Waals surface area contributed by atoms with Gasteiger partial charge in [-0.3, -0.25) is 9.78 Å². The van der Waals surface area contributed by atoms with E-state index >= 15 is 4.39 Å². The molecule has 0 radical (unpaired) electrons. The van der Waals surface area contributed by atoms with Crippen LogP contribution in [0.15, 0.2) is 24.4 Å². The number of anilines is 1. The first-order valence-corrected chi connectivity index (χ1v) is 12.9. The highest BCUT2D eigenvalue weighted by molar-refractivity contribution is 7.15. The van der Waals surface area contributed by atoms with Crippen molar-refractivity contribution in [3.63, 3.8) is 0 Å². The van der Waals surface area contributed by atoms with Gasteiger partial charge in [0.1, 0.15) is 10.8 Å². The van der Waals surface area contributed by atoms with E-state index in [2.05, 4.69) is 25.3 Å². The number of nitrogens with one attached hydrogen (secondary N) is 1. The van der Waals surface area contributed by atoms with Crippen LogP contribution in [0, 0.1) is 30.5 Å². The molecule has 3 aromatic rings. The monoisotopic (exact) mass is 511 g/mol. The number of allylic oxidation sites excluding steroid dienone is 1. The van der Waals surface area contributed by atoms with Crippen molar-refractivity contribution in [3.8, 4) is 10.6 Å². The minimum absolute atomic E-state index is 0.0317. The quantitative estimate of drug-likeness (QED) is 0.474. The molecule has 2 bridgehead atoms. The highest BCUT2D eigenvalue weighted by Crippen LogP contribution is 2.47. The maximum atomic E-state index is 15.9. The van der Waals surface area contributed by atoms with Crippen LogP contribution < -0.4 is 5.32 Å². The predicted octanol–water partition coefficient (Wildman–Crippen LogP) is 5.39. The van der Waals surface area contributed by atoms with Gasteiger partial charge < -0.3 is 10.4 Å². The van der Waals surface area contributed by atoms with Crippen LogP contribution >= 0.6 is 22.9 Å². The van der Waals surface area contributed by atoms with Crippen molar-refractivity contribution >= 4 is 40.3 Å². The molecule has 3 fully saturated rings. The minimum atomic E-state index is -0.835. The molecule has 3 saturated carbocycles. The van der Waals surface area contributed by atoms with Crippen LogP contribution in [0.25, 0.3) is 16.1 Å². The number of hydrogen-bond acceptors (Lipinski definition) is 7. The SMILES string of the molecule is Cc1ccc(-c2nc(C3=CCc4ncc(Cl)nc43)nc(N[C@H]3C4CCC(CC4)[C@@H]3C(=O)O)c2F)s1. The zero-order chi connectivity index (χ0) is 24.3. The number of aliphatic carboxylic acids is 1. The number of fused-ring (bicyclic) bond motifs is 4. The van der Waals surface area contributed by atoms with Crippen molar-refractivity contribution in [1.29, 1.82) is 0 Å². The third-order valence-electron chi connectivity index (χ3n) is 7.45. The molecule has 7 nitrogen and oxygen atoms in total. The number of halogens is 2. The molecule has 0 aromatic carbocycles. The summed E-state index contributed by atoms with van der Waals surface area (Å²) in [6, 6.07) is 3.38. The van der Waals surface area contributed by atoms with Crippen molar-refractivity contribution in [3.05, 3.63) is 57.5 Å². The number of rotatable bonds is 5. The summed E-state index contributed by atoms with van der Waals surface area (Å²) < 4.78 is 15.9. The zero-order valence-corrected chi connectivity index (χ0v) is 20.5. The van der Waals surface area contributed by atoms with Gasteiger partial charge >= 0.3 is 5.97 Å². The molecule has 7 rings (SSSR count). The fourth-order valence-corrected chi connectivity index (χ4v) is 6.79. The van der Waals surface area contributed by atoms with Crippen molar-refractivity contribution in [2.24, 2.45) is 17.8 Å². The molecule has 0 amide bonds. The van der Waals surface area contributed by atoms with Gasteiger partial charge in [-0.2, -0.15) is 0 Å². The molecule has 35 heavy (non-hydrogen) atoms. The molecule has 10 heteroatoms. The second-order valence-corrected chi connectivity index (χ2v) is 11.2. The van der Waals surface area contributed by atoms with Gasteiger partial charge in [0.15, 0.2) is 17.5 Å². The van der Waals surface area contributed by atoms with Crippen LogP contribution in [0.4, 0.5) is 10.2 Å². The standard InChI is InChI=1S/C25H23ClFN5O2S/c1-11-2-9-16(35-11)22-19(27)24(30-20-13-5-3-12(4-6-13)18(20)25(33)34)32-23(31-22)14-7-8-15-21(14)29-17(26)10-28-15/h2,7,9-10,12-13,18,20H,3-6,8H2,1H3,(H,33,34)(H,30,31,32)/t12?,13?,18-,20-/m0/s1. The number of carboxylic acid groups (broad SMARTS) is 1. The molecule has 3 heterocycles. The molecule has 3 aromatic heterocycles. The lowest BCUT2D eigenvalue weighted by molar-refractivity contribution is -0.148. The Balaban J connectivity index is 1.46. The summed E-state index contributed by atoms with van der Waals surface area (Å²) in [4.78, 5) is 31.8. The van der Waals surface area contributed by atoms with Gasteiger partial charge in [-0.15, -0.1) is 11.3 Å². The molecule has 0 aliphatic heterocycles. The van der Waals surface area contributed by atoms with Crippen LogP contribution in [0.3, 0.4) is 0 Å². The second-order valence-electron chi connectivity index (χ2n) is 9.49. The Kier molecular flexibility index (Phi) is 5.56. The Bertz CT molecular complexity index is 1370. The van der Waals surface area contributed by atoms with Crippen molar-refractivity contribution in [2.45, 2.75) is 45.1 Å². The fraction of sp³-hybridized carbons (Fsp3) is 0.400. The Morgan fingerprint density at radius 1 is 1.14 bits per heavy atom. The summed E-state index contributed by atoms with van der Waals surface area (Å²) in [6.07, 6.45) is 7.66.